The van der Waals surface area contributed by atoms with E-state index in [1.54, 1.807) is 0 Å². The van der Waals surface area contributed by atoms with Crippen LogP contribution < -0.4 is 4.72 Å². The standard InChI is InChI=1S/C12H18FN3O2S/c1-9-6-10(2)8-16(7-9)19(17,18)15-12-5-3-4-11(13)14-12/h3-5,9-10H,6-8H2,1-2H3,(H,14,15). The third-order valence-electron chi connectivity index (χ3n) is 3.12. The lowest BCUT2D eigenvalue weighted by atomic mass is 9.94. The molecule has 1 fully saturated rings. The number of aromatic nitrogens is 1. The lowest BCUT2D eigenvalue weighted by molar-refractivity contribution is 0.223. The van der Waals surface area contributed by atoms with Crippen molar-refractivity contribution in [3.05, 3.63) is 24.1 Å². The Kier molecular flexibility index (Phi) is 4.05. The number of hydrogen-bond donors (Lipinski definition) is 1. The van der Waals surface area contributed by atoms with Crippen LogP contribution in [0.2, 0.25) is 0 Å². The Labute approximate surface area is 113 Å². The number of pyridine rings is 1. The molecule has 2 heterocycles. The first-order valence-electron chi connectivity index (χ1n) is 6.27. The second kappa shape index (κ2) is 5.42. The SMILES string of the molecule is CC1CC(C)CN(S(=O)(=O)Nc2cccc(F)n2)C1. The Morgan fingerprint density at radius 3 is 2.53 bits per heavy atom. The zero-order valence-corrected chi connectivity index (χ0v) is 11.8. The fourth-order valence-corrected chi connectivity index (χ4v) is 3.87. The summed E-state index contributed by atoms with van der Waals surface area (Å²) in [5.41, 5.74) is 0. The van der Waals surface area contributed by atoms with E-state index in [9.17, 15) is 12.8 Å². The molecule has 2 unspecified atom stereocenters. The summed E-state index contributed by atoms with van der Waals surface area (Å²) in [6.07, 6.45) is 1.02. The summed E-state index contributed by atoms with van der Waals surface area (Å²) >= 11 is 0. The van der Waals surface area contributed by atoms with Gasteiger partial charge in [-0.25, -0.2) is 4.98 Å². The van der Waals surface area contributed by atoms with Crippen molar-refractivity contribution in [3.63, 3.8) is 0 Å². The van der Waals surface area contributed by atoms with Crippen LogP contribution in [-0.2, 0) is 10.2 Å². The molecule has 0 aromatic carbocycles. The summed E-state index contributed by atoms with van der Waals surface area (Å²) in [6.45, 7) is 5.02. The molecule has 0 saturated carbocycles. The lowest BCUT2D eigenvalue weighted by Gasteiger charge is -2.33. The normalized spacial score (nSPS) is 25.2. The highest BCUT2D eigenvalue weighted by atomic mass is 32.2. The monoisotopic (exact) mass is 287 g/mol. The summed E-state index contributed by atoms with van der Waals surface area (Å²) in [4.78, 5) is 3.51. The number of anilines is 1. The molecule has 0 aliphatic carbocycles. The molecule has 0 bridgehead atoms. The molecule has 1 N–H and O–H groups in total. The van der Waals surface area contributed by atoms with Crippen LogP contribution in [0.3, 0.4) is 0 Å². The molecule has 1 aliphatic rings. The predicted octanol–water partition coefficient (Wildman–Crippen LogP) is 1.86. The number of nitrogens with one attached hydrogen (secondary N) is 1. The molecule has 19 heavy (non-hydrogen) atoms. The van der Waals surface area contributed by atoms with Crippen LogP contribution >= 0.6 is 0 Å². The zero-order valence-electron chi connectivity index (χ0n) is 11.0. The van der Waals surface area contributed by atoms with Gasteiger partial charge in [-0.15, -0.1) is 0 Å². The molecule has 1 aliphatic heterocycles. The van der Waals surface area contributed by atoms with E-state index in [0.717, 1.165) is 6.42 Å². The molecule has 0 amide bonds. The van der Waals surface area contributed by atoms with E-state index < -0.39 is 16.2 Å². The number of rotatable bonds is 3. The number of halogens is 1. The van der Waals surface area contributed by atoms with Crippen molar-refractivity contribution < 1.29 is 12.8 Å². The maximum absolute atomic E-state index is 12.9. The molecule has 2 rings (SSSR count). The van der Waals surface area contributed by atoms with Crippen LogP contribution in [0.5, 0.6) is 0 Å². The minimum atomic E-state index is -3.66. The van der Waals surface area contributed by atoms with Crippen molar-refractivity contribution in [1.29, 1.82) is 0 Å². The first-order valence-corrected chi connectivity index (χ1v) is 7.71. The van der Waals surface area contributed by atoms with Crippen molar-refractivity contribution in [1.82, 2.24) is 9.29 Å². The average molecular weight is 287 g/mol. The van der Waals surface area contributed by atoms with E-state index in [-0.39, 0.29) is 5.82 Å². The topological polar surface area (TPSA) is 62.3 Å². The first kappa shape index (κ1) is 14.2. The Morgan fingerprint density at radius 2 is 1.95 bits per heavy atom. The molecule has 1 aromatic heterocycles. The molecule has 2 atom stereocenters. The van der Waals surface area contributed by atoms with Gasteiger partial charge in [0, 0.05) is 13.1 Å². The molecule has 0 radical (unpaired) electrons. The van der Waals surface area contributed by atoms with Gasteiger partial charge in [-0.2, -0.15) is 17.1 Å². The number of nitrogens with zero attached hydrogens (tertiary/aromatic N) is 2. The molecule has 5 nitrogen and oxygen atoms in total. The van der Waals surface area contributed by atoms with Crippen molar-refractivity contribution >= 4 is 16.0 Å². The summed E-state index contributed by atoms with van der Waals surface area (Å²) in [7, 11) is -3.66. The molecule has 106 valence electrons. The summed E-state index contributed by atoms with van der Waals surface area (Å²) in [5.74, 6) is -0.0620. The van der Waals surface area contributed by atoms with Gasteiger partial charge in [0.25, 0.3) is 0 Å². The van der Waals surface area contributed by atoms with Crippen LogP contribution in [0.15, 0.2) is 18.2 Å². The van der Waals surface area contributed by atoms with Crippen molar-refractivity contribution in [2.75, 3.05) is 17.8 Å². The van der Waals surface area contributed by atoms with E-state index in [2.05, 4.69) is 9.71 Å². The molecule has 1 aromatic rings. The molecule has 7 heteroatoms. The minimum Gasteiger partial charge on any atom is -0.254 e. The third kappa shape index (κ3) is 3.63. The summed E-state index contributed by atoms with van der Waals surface area (Å²) in [5, 5.41) is 0. The smallest absolute Gasteiger partial charge is 0.254 e. The maximum atomic E-state index is 12.9. The first-order chi connectivity index (χ1) is 8.87. The Bertz CT molecular complexity index is 540. The van der Waals surface area contributed by atoms with E-state index >= 15 is 0 Å². The highest BCUT2D eigenvalue weighted by Crippen LogP contribution is 2.23. The molecular weight excluding hydrogens is 269 g/mol. The zero-order chi connectivity index (χ0) is 14.0. The van der Waals surface area contributed by atoms with E-state index in [4.69, 9.17) is 0 Å². The largest absolute Gasteiger partial charge is 0.302 e. The highest BCUT2D eigenvalue weighted by Gasteiger charge is 2.30. The van der Waals surface area contributed by atoms with Crippen LogP contribution in [0, 0.1) is 17.8 Å². The maximum Gasteiger partial charge on any atom is 0.302 e. The molecule has 1 saturated heterocycles. The fraction of sp³-hybridized carbons (Fsp3) is 0.583. The second-order valence-electron chi connectivity index (χ2n) is 5.22. The van der Waals surface area contributed by atoms with Gasteiger partial charge in [-0.3, -0.25) is 4.72 Å². The van der Waals surface area contributed by atoms with Crippen LogP contribution in [-0.4, -0.2) is 30.8 Å². The van der Waals surface area contributed by atoms with Crippen LogP contribution in [0.4, 0.5) is 10.2 Å². The van der Waals surface area contributed by atoms with Gasteiger partial charge in [0.1, 0.15) is 5.82 Å². The van der Waals surface area contributed by atoms with E-state index in [0.29, 0.717) is 24.9 Å². The minimum absolute atomic E-state index is 0.00544. The Balaban J connectivity index is 2.14. The van der Waals surface area contributed by atoms with Crippen LogP contribution in [0.1, 0.15) is 20.3 Å². The van der Waals surface area contributed by atoms with Crippen LogP contribution in [0.25, 0.3) is 0 Å². The van der Waals surface area contributed by atoms with Gasteiger partial charge in [-0.1, -0.05) is 19.9 Å². The highest BCUT2D eigenvalue weighted by molar-refractivity contribution is 7.90. The Morgan fingerprint density at radius 1 is 1.32 bits per heavy atom. The van der Waals surface area contributed by atoms with Gasteiger partial charge in [0.15, 0.2) is 0 Å². The van der Waals surface area contributed by atoms with Gasteiger partial charge in [0.2, 0.25) is 5.95 Å². The van der Waals surface area contributed by atoms with E-state index in [1.165, 1.54) is 22.5 Å². The van der Waals surface area contributed by atoms with Crippen molar-refractivity contribution in [2.24, 2.45) is 11.8 Å². The van der Waals surface area contributed by atoms with Crippen molar-refractivity contribution in [3.8, 4) is 0 Å². The van der Waals surface area contributed by atoms with Gasteiger partial charge >= 0.3 is 10.2 Å². The fourth-order valence-electron chi connectivity index (χ4n) is 2.46. The number of piperidine rings is 1. The average Bonchev–Trinajstić information content (AvgIpc) is 2.26. The summed E-state index contributed by atoms with van der Waals surface area (Å²) < 4.78 is 41.1. The van der Waals surface area contributed by atoms with Crippen molar-refractivity contribution in [2.45, 2.75) is 20.3 Å². The molecule has 0 spiro atoms. The van der Waals surface area contributed by atoms with E-state index in [1.807, 2.05) is 13.8 Å². The number of hydrogen-bond acceptors (Lipinski definition) is 3. The predicted molar refractivity (Wildman–Crippen MR) is 71.3 cm³/mol. The second-order valence-corrected chi connectivity index (χ2v) is 6.89. The summed E-state index contributed by atoms with van der Waals surface area (Å²) in [6, 6.07) is 4.02. The quantitative estimate of drug-likeness (QED) is 0.863. The van der Waals surface area contributed by atoms with Gasteiger partial charge in [-0.05, 0) is 30.4 Å². The third-order valence-corrected chi connectivity index (χ3v) is 4.57. The lowest BCUT2D eigenvalue weighted by Crippen LogP contribution is -2.45. The Hall–Kier alpha value is -1.21. The molecular formula is C12H18FN3O2S. The van der Waals surface area contributed by atoms with Gasteiger partial charge in [0.05, 0.1) is 0 Å². The van der Waals surface area contributed by atoms with Gasteiger partial charge < -0.3 is 0 Å².